The molecule has 0 unspecified atom stereocenters. The van der Waals surface area contributed by atoms with Gasteiger partial charge in [-0.3, -0.25) is 24.4 Å². The predicted molar refractivity (Wildman–Crippen MR) is 161 cm³/mol. The maximum absolute atomic E-state index is 13.2. The number of nitrogens with zero attached hydrogens (tertiary/aromatic N) is 3. The van der Waals surface area contributed by atoms with E-state index < -0.39 is 0 Å². The number of hydrazine groups is 2. The Labute approximate surface area is 243 Å². The third-order valence-electron chi connectivity index (χ3n) is 6.71. The van der Waals surface area contributed by atoms with Gasteiger partial charge in [-0.2, -0.15) is 0 Å². The number of rotatable bonds is 17. The van der Waals surface area contributed by atoms with Crippen LogP contribution in [0.25, 0.3) is 0 Å². The van der Waals surface area contributed by atoms with Crippen LogP contribution in [0.4, 0.5) is 0 Å². The summed E-state index contributed by atoms with van der Waals surface area (Å²) in [5.74, 6) is 5.73. The molecule has 0 spiro atoms. The van der Waals surface area contributed by atoms with Gasteiger partial charge in [-0.05, 0) is 29.5 Å². The topological polar surface area (TPSA) is 111 Å². The van der Waals surface area contributed by atoms with Crippen molar-refractivity contribution in [1.29, 1.82) is 0 Å². The van der Waals surface area contributed by atoms with Crippen LogP contribution in [0, 0.1) is 0 Å². The second kappa shape index (κ2) is 17.6. The van der Waals surface area contributed by atoms with E-state index in [9.17, 15) is 14.4 Å². The van der Waals surface area contributed by atoms with E-state index in [0.29, 0.717) is 52.0 Å². The lowest BCUT2D eigenvalue weighted by atomic mass is 10.1. The van der Waals surface area contributed by atoms with Crippen molar-refractivity contribution in [3.63, 3.8) is 0 Å². The fraction of sp³-hybridized carbons (Fsp3) is 0.344. The highest BCUT2D eigenvalue weighted by Crippen LogP contribution is 2.05. The van der Waals surface area contributed by atoms with Crippen LogP contribution in [0.5, 0.6) is 0 Å². The molecule has 4 N–H and O–H groups in total. The highest BCUT2D eigenvalue weighted by atomic mass is 16.2. The van der Waals surface area contributed by atoms with Crippen LogP contribution in [0.1, 0.15) is 36.5 Å². The summed E-state index contributed by atoms with van der Waals surface area (Å²) < 4.78 is 0. The van der Waals surface area contributed by atoms with Crippen molar-refractivity contribution in [2.75, 3.05) is 32.7 Å². The first kappa shape index (κ1) is 31.5. The van der Waals surface area contributed by atoms with E-state index in [4.69, 9.17) is 5.84 Å². The highest BCUT2D eigenvalue weighted by molar-refractivity contribution is 5.78. The molecule has 3 amide bonds. The molecule has 3 aromatic carbocycles. The summed E-state index contributed by atoms with van der Waals surface area (Å²) in [6, 6.07) is 29.5. The first-order valence-electron chi connectivity index (χ1n) is 14.1. The van der Waals surface area contributed by atoms with E-state index in [2.05, 4.69) is 10.7 Å². The number of amides is 3. The standard InChI is InChI=1S/C32H42N6O3/c1-27(39)38(35-25-30-16-9-4-10-17-30)21-11-20-36(32(41)26-34-24-29-14-7-3-8-15-29)22-23-37(33)31(40)19-18-28-12-5-2-6-13-28/h2-10,12-17,34-35H,11,18-26,33H2,1H3. The number of hydrogen-bond acceptors (Lipinski definition) is 6. The molecule has 9 nitrogen and oxygen atoms in total. The molecule has 0 saturated heterocycles. The van der Waals surface area contributed by atoms with Gasteiger partial charge >= 0.3 is 0 Å². The summed E-state index contributed by atoms with van der Waals surface area (Å²) in [5, 5.41) is 5.98. The van der Waals surface area contributed by atoms with Crippen molar-refractivity contribution < 1.29 is 14.4 Å². The normalized spacial score (nSPS) is 10.7. The van der Waals surface area contributed by atoms with Gasteiger partial charge in [-0.15, -0.1) is 0 Å². The summed E-state index contributed by atoms with van der Waals surface area (Å²) in [7, 11) is 0. The molecule has 0 aliphatic heterocycles. The summed E-state index contributed by atoms with van der Waals surface area (Å²) >= 11 is 0. The number of nitrogens with one attached hydrogen (secondary N) is 2. The Kier molecular flexibility index (Phi) is 13.5. The van der Waals surface area contributed by atoms with Gasteiger partial charge in [0.05, 0.1) is 13.1 Å². The van der Waals surface area contributed by atoms with E-state index in [1.165, 1.54) is 11.9 Å². The number of carbonyl (C=O) groups is 3. The molecule has 0 heterocycles. The van der Waals surface area contributed by atoms with Gasteiger partial charge in [-0.1, -0.05) is 91.0 Å². The second-order valence-electron chi connectivity index (χ2n) is 9.89. The third-order valence-corrected chi connectivity index (χ3v) is 6.71. The molecule has 41 heavy (non-hydrogen) atoms. The molecular formula is C32H42N6O3. The number of benzene rings is 3. The van der Waals surface area contributed by atoms with E-state index in [-0.39, 0.29) is 30.8 Å². The SMILES string of the molecule is CC(=O)N(CCCN(CCN(N)C(=O)CCc1ccccc1)C(=O)CNCc1ccccc1)NCc1ccccc1. The van der Waals surface area contributed by atoms with Crippen molar-refractivity contribution in [2.45, 2.75) is 39.3 Å². The first-order chi connectivity index (χ1) is 19.9. The molecule has 9 heteroatoms. The van der Waals surface area contributed by atoms with Crippen LogP contribution in [-0.4, -0.2) is 65.4 Å². The average Bonchev–Trinajstić information content (AvgIpc) is 3.00. The maximum Gasteiger partial charge on any atom is 0.236 e. The lowest BCUT2D eigenvalue weighted by molar-refractivity contribution is -0.135. The van der Waals surface area contributed by atoms with Crippen LogP contribution in [0.3, 0.4) is 0 Å². The van der Waals surface area contributed by atoms with Crippen LogP contribution >= 0.6 is 0 Å². The molecule has 0 radical (unpaired) electrons. The summed E-state index contributed by atoms with van der Waals surface area (Å²) in [6.45, 7) is 4.16. The van der Waals surface area contributed by atoms with E-state index in [1.54, 1.807) is 9.91 Å². The lowest BCUT2D eigenvalue weighted by Gasteiger charge is -2.28. The van der Waals surface area contributed by atoms with Crippen LogP contribution in [0.15, 0.2) is 91.0 Å². The summed E-state index contributed by atoms with van der Waals surface area (Å²) in [5.41, 5.74) is 6.41. The Bertz CT molecular complexity index is 1190. The van der Waals surface area contributed by atoms with Gasteiger partial charge in [0.25, 0.3) is 0 Å². The molecule has 0 bridgehead atoms. The fourth-order valence-corrected chi connectivity index (χ4v) is 4.33. The molecule has 0 fully saturated rings. The minimum atomic E-state index is -0.170. The van der Waals surface area contributed by atoms with E-state index in [1.807, 2.05) is 91.0 Å². The van der Waals surface area contributed by atoms with Gasteiger partial charge < -0.3 is 10.2 Å². The Morgan fingerprint density at radius 2 is 1.24 bits per heavy atom. The predicted octanol–water partition coefficient (Wildman–Crippen LogP) is 2.88. The second-order valence-corrected chi connectivity index (χ2v) is 9.89. The van der Waals surface area contributed by atoms with Gasteiger partial charge in [0.1, 0.15) is 0 Å². The Balaban J connectivity index is 1.51. The van der Waals surface area contributed by atoms with E-state index in [0.717, 1.165) is 16.7 Å². The Morgan fingerprint density at radius 1 is 0.683 bits per heavy atom. The molecule has 0 aliphatic carbocycles. The van der Waals surface area contributed by atoms with Crippen molar-refractivity contribution >= 4 is 17.7 Å². The van der Waals surface area contributed by atoms with Crippen molar-refractivity contribution in [1.82, 2.24) is 25.7 Å². The van der Waals surface area contributed by atoms with Crippen LogP contribution < -0.4 is 16.6 Å². The molecule has 0 atom stereocenters. The first-order valence-corrected chi connectivity index (χ1v) is 14.1. The minimum absolute atomic E-state index is 0.0855. The average molecular weight is 559 g/mol. The zero-order chi connectivity index (χ0) is 29.3. The molecular weight excluding hydrogens is 516 g/mol. The Morgan fingerprint density at radius 3 is 1.83 bits per heavy atom. The highest BCUT2D eigenvalue weighted by Gasteiger charge is 2.17. The largest absolute Gasteiger partial charge is 0.340 e. The van der Waals surface area contributed by atoms with Gasteiger partial charge in [0.15, 0.2) is 0 Å². The fourth-order valence-electron chi connectivity index (χ4n) is 4.33. The molecule has 218 valence electrons. The molecule has 3 rings (SSSR count). The zero-order valence-corrected chi connectivity index (χ0v) is 23.9. The number of aryl methyl sites for hydroxylation is 1. The molecule has 0 aliphatic rings. The van der Waals surface area contributed by atoms with Crippen molar-refractivity contribution in [2.24, 2.45) is 5.84 Å². The third kappa shape index (κ3) is 11.9. The lowest BCUT2D eigenvalue weighted by Crippen LogP contribution is -2.47. The van der Waals surface area contributed by atoms with Crippen molar-refractivity contribution in [3.8, 4) is 0 Å². The maximum atomic E-state index is 13.2. The Hall–Kier alpha value is -4.05. The van der Waals surface area contributed by atoms with Crippen LogP contribution in [0.2, 0.25) is 0 Å². The molecule has 0 saturated carbocycles. The minimum Gasteiger partial charge on any atom is -0.340 e. The number of nitrogens with two attached hydrogens (primary N) is 1. The monoisotopic (exact) mass is 558 g/mol. The molecule has 3 aromatic rings. The smallest absolute Gasteiger partial charge is 0.236 e. The van der Waals surface area contributed by atoms with E-state index >= 15 is 0 Å². The quantitative estimate of drug-likeness (QED) is 0.134. The number of carbonyl (C=O) groups excluding carboxylic acids is 3. The van der Waals surface area contributed by atoms with Gasteiger partial charge in [-0.25, -0.2) is 11.3 Å². The molecule has 0 aromatic heterocycles. The summed E-state index contributed by atoms with van der Waals surface area (Å²) in [6.07, 6.45) is 1.47. The summed E-state index contributed by atoms with van der Waals surface area (Å²) in [4.78, 5) is 39.7. The van der Waals surface area contributed by atoms with Crippen molar-refractivity contribution in [3.05, 3.63) is 108 Å². The van der Waals surface area contributed by atoms with Gasteiger partial charge in [0.2, 0.25) is 17.7 Å². The number of hydrogen-bond donors (Lipinski definition) is 3. The van der Waals surface area contributed by atoms with Crippen LogP contribution in [-0.2, 0) is 33.9 Å². The zero-order valence-electron chi connectivity index (χ0n) is 23.9. The van der Waals surface area contributed by atoms with Gasteiger partial charge in [0, 0.05) is 46.1 Å².